The molecule has 0 radical (unpaired) electrons. The van der Waals surface area contributed by atoms with Gasteiger partial charge in [0, 0.05) is 19.0 Å². The van der Waals surface area contributed by atoms with Gasteiger partial charge in [-0.2, -0.15) is 0 Å². The molecule has 3 N–H and O–H groups in total. The van der Waals surface area contributed by atoms with E-state index in [0.717, 1.165) is 31.4 Å². The van der Waals surface area contributed by atoms with Crippen LogP contribution in [-0.2, 0) is 17.8 Å². The van der Waals surface area contributed by atoms with Gasteiger partial charge in [-0.15, -0.1) is 0 Å². The number of carbonyl (C=O) groups is 1. The highest BCUT2D eigenvalue weighted by atomic mass is 16.1. The summed E-state index contributed by atoms with van der Waals surface area (Å²) in [5.74, 6) is 0.339. The molecule has 1 aliphatic rings. The fraction of sp³-hybridized carbons (Fsp3) is 0.462. The van der Waals surface area contributed by atoms with Crippen LogP contribution in [0.2, 0.25) is 0 Å². The van der Waals surface area contributed by atoms with E-state index in [4.69, 9.17) is 5.73 Å². The number of amides is 1. The van der Waals surface area contributed by atoms with Crippen molar-refractivity contribution in [1.29, 1.82) is 0 Å². The van der Waals surface area contributed by atoms with E-state index in [1.54, 1.807) is 0 Å². The first-order valence-corrected chi connectivity index (χ1v) is 5.85. The SMILES string of the molecule is NCc1cccc(C[C@@H]2CCCNC2=O)c1. The van der Waals surface area contributed by atoms with Crippen LogP contribution >= 0.6 is 0 Å². The van der Waals surface area contributed by atoms with Gasteiger partial charge in [-0.3, -0.25) is 4.79 Å². The summed E-state index contributed by atoms with van der Waals surface area (Å²) in [5.41, 5.74) is 7.95. The van der Waals surface area contributed by atoms with Crippen molar-refractivity contribution in [3.05, 3.63) is 35.4 Å². The lowest BCUT2D eigenvalue weighted by atomic mass is 9.91. The van der Waals surface area contributed by atoms with E-state index in [9.17, 15) is 4.79 Å². The number of benzene rings is 1. The Morgan fingerprint density at radius 1 is 1.38 bits per heavy atom. The van der Waals surface area contributed by atoms with Crippen LogP contribution in [0.3, 0.4) is 0 Å². The van der Waals surface area contributed by atoms with Gasteiger partial charge in [0.15, 0.2) is 0 Å². The lowest BCUT2D eigenvalue weighted by Crippen LogP contribution is -2.37. The minimum atomic E-state index is 0.141. The predicted molar refractivity (Wildman–Crippen MR) is 63.8 cm³/mol. The van der Waals surface area contributed by atoms with Crippen molar-refractivity contribution < 1.29 is 4.79 Å². The quantitative estimate of drug-likeness (QED) is 0.801. The van der Waals surface area contributed by atoms with Crippen molar-refractivity contribution >= 4 is 5.91 Å². The Balaban J connectivity index is 2.04. The monoisotopic (exact) mass is 218 g/mol. The molecule has 86 valence electrons. The number of piperidine rings is 1. The summed E-state index contributed by atoms with van der Waals surface area (Å²) in [7, 11) is 0. The van der Waals surface area contributed by atoms with Crippen molar-refractivity contribution in [3.8, 4) is 0 Å². The molecule has 3 heteroatoms. The summed E-state index contributed by atoms with van der Waals surface area (Å²) in [6.45, 7) is 1.39. The number of nitrogens with one attached hydrogen (secondary N) is 1. The molecule has 16 heavy (non-hydrogen) atoms. The zero-order valence-corrected chi connectivity index (χ0v) is 9.41. The first kappa shape index (κ1) is 11.1. The zero-order chi connectivity index (χ0) is 11.4. The van der Waals surface area contributed by atoms with Crippen LogP contribution in [0, 0.1) is 5.92 Å². The van der Waals surface area contributed by atoms with Gasteiger partial charge >= 0.3 is 0 Å². The summed E-state index contributed by atoms with van der Waals surface area (Å²) >= 11 is 0. The summed E-state index contributed by atoms with van der Waals surface area (Å²) in [6.07, 6.45) is 2.92. The van der Waals surface area contributed by atoms with E-state index < -0.39 is 0 Å². The topological polar surface area (TPSA) is 55.1 Å². The Bertz CT molecular complexity index is 376. The average Bonchev–Trinajstić information content (AvgIpc) is 2.32. The number of carbonyl (C=O) groups excluding carboxylic acids is 1. The van der Waals surface area contributed by atoms with Gasteiger partial charge in [0.2, 0.25) is 5.91 Å². The molecule has 1 aliphatic heterocycles. The van der Waals surface area contributed by atoms with Crippen LogP contribution in [0.15, 0.2) is 24.3 Å². The summed E-state index contributed by atoms with van der Waals surface area (Å²) in [5, 5.41) is 2.92. The Labute approximate surface area is 96.0 Å². The maximum atomic E-state index is 11.6. The number of rotatable bonds is 3. The molecule has 0 aliphatic carbocycles. The fourth-order valence-corrected chi connectivity index (χ4v) is 2.20. The molecule has 2 rings (SSSR count). The first-order chi connectivity index (χ1) is 7.79. The molecular weight excluding hydrogens is 200 g/mol. The highest BCUT2D eigenvalue weighted by Crippen LogP contribution is 2.18. The maximum Gasteiger partial charge on any atom is 0.223 e. The Morgan fingerprint density at radius 2 is 2.19 bits per heavy atom. The van der Waals surface area contributed by atoms with Crippen molar-refractivity contribution in [2.75, 3.05) is 6.54 Å². The number of hydrogen-bond acceptors (Lipinski definition) is 2. The van der Waals surface area contributed by atoms with Crippen molar-refractivity contribution in [2.24, 2.45) is 11.7 Å². The van der Waals surface area contributed by atoms with Crippen LogP contribution < -0.4 is 11.1 Å². The molecule has 1 fully saturated rings. The van der Waals surface area contributed by atoms with Crippen LogP contribution in [0.5, 0.6) is 0 Å². The van der Waals surface area contributed by atoms with Gasteiger partial charge in [-0.05, 0) is 30.4 Å². The first-order valence-electron chi connectivity index (χ1n) is 5.85. The van der Waals surface area contributed by atoms with Crippen molar-refractivity contribution in [1.82, 2.24) is 5.32 Å². The van der Waals surface area contributed by atoms with E-state index >= 15 is 0 Å². The molecule has 1 aromatic carbocycles. The molecule has 1 heterocycles. The highest BCUT2D eigenvalue weighted by Gasteiger charge is 2.21. The van der Waals surface area contributed by atoms with Gasteiger partial charge in [-0.25, -0.2) is 0 Å². The van der Waals surface area contributed by atoms with E-state index in [1.165, 1.54) is 5.56 Å². The minimum absolute atomic E-state index is 0.141. The predicted octanol–water partition coefficient (Wildman–Crippen LogP) is 1.21. The Hall–Kier alpha value is -1.35. The molecule has 0 unspecified atom stereocenters. The average molecular weight is 218 g/mol. The van der Waals surface area contributed by atoms with E-state index in [2.05, 4.69) is 17.4 Å². The normalized spacial score (nSPS) is 20.6. The fourth-order valence-electron chi connectivity index (χ4n) is 2.20. The van der Waals surface area contributed by atoms with Crippen LogP contribution in [-0.4, -0.2) is 12.5 Å². The van der Waals surface area contributed by atoms with Crippen LogP contribution in [0.1, 0.15) is 24.0 Å². The second-order valence-corrected chi connectivity index (χ2v) is 4.36. The summed E-state index contributed by atoms with van der Waals surface area (Å²) in [6, 6.07) is 8.20. The minimum Gasteiger partial charge on any atom is -0.356 e. The lowest BCUT2D eigenvalue weighted by molar-refractivity contribution is -0.126. The van der Waals surface area contributed by atoms with Gasteiger partial charge in [0.05, 0.1) is 0 Å². The number of hydrogen-bond donors (Lipinski definition) is 2. The third kappa shape index (κ3) is 2.61. The molecule has 1 amide bonds. The van der Waals surface area contributed by atoms with Crippen molar-refractivity contribution in [2.45, 2.75) is 25.8 Å². The van der Waals surface area contributed by atoms with E-state index in [-0.39, 0.29) is 11.8 Å². The Kier molecular flexibility index (Phi) is 3.57. The third-order valence-corrected chi connectivity index (χ3v) is 3.11. The molecule has 1 saturated heterocycles. The molecule has 0 saturated carbocycles. The molecule has 1 atom stereocenters. The molecule has 0 aromatic heterocycles. The van der Waals surface area contributed by atoms with Gasteiger partial charge in [0.25, 0.3) is 0 Å². The van der Waals surface area contributed by atoms with Gasteiger partial charge in [0.1, 0.15) is 0 Å². The summed E-state index contributed by atoms with van der Waals surface area (Å²) in [4.78, 5) is 11.6. The van der Waals surface area contributed by atoms with E-state index in [0.29, 0.717) is 6.54 Å². The second-order valence-electron chi connectivity index (χ2n) is 4.36. The van der Waals surface area contributed by atoms with Gasteiger partial charge < -0.3 is 11.1 Å². The third-order valence-electron chi connectivity index (χ3n) is 3.11. The molecule has 0 bridgehead atoms. The van der Waals surface area contributed by atoms with Gasteiger partial charge in [-0.1, -0.05) is 24.3 Å². The Morgan fingerprint density at radius 3 is 2.94 bits per heavy atom. The van der Waals surface area contributed by atoms with E-state index in [1.807, 2.05) is 12.1 Å². The standard InChI is InChI=1S/C13H18N2O/c14-9-11-4-1-3-10(7-11)8-12-5-2-6-15-13(12)16/h1,3-4,7,12H,2,5-6,8-9,14H2,(H,15,16)/t12-/m0/s1. The van der Waals surface area contributed by atoms with Crippen molar-refractivity contribution in [3.63, 3.8) is 0 Å². The number of nitrogens with two attached hydrogens (primary N) is 1. The molecule has 1 aromatic rings. The second kappa shape index (κ2) is 5.12. The lowest BCUT2D eigenvalue weighted by Gasteiger charge is -2.21. The van der Waals surface area contributed by atoms with Crippen LogP contribution in [0.4, 0.5) is 0 Å². The largest absolute Gasteiger partial charge is 0.356 e. The zero-order valence-electron chi connectivity index (χ0n) is 9.41. The van der Waals surface area contributed by atoms with Crippen LogP contribution in [0.25, 0.3) is 0 Å². The highest BCUT2D eigenvalue weighted by molar-refractivity contribution is 5.79. The smallest absolute Gasteiger partial charge is 0.223 e. The molecular formula is C13H18N2O. The molecule has 3 nitrogen and oxygen atoms in total. The summed E-state index contributed by atoms with van der Waals surface area (Å²) < 4.78 is 0. The molecule has 0 spiro atoms. The maximum absolute atomic E-state index is 11.6.